The van der Waals surface area contributed by atoms with Crippen LogP contribution in [-0.2, 0) is 0 Å². The van der Waals surface area contributed by atoms with Crippen LogP contribution in [0.2, 0.25) is 5.15 Å². The molecule has 7 heteroatoms. The molecule has 20 heavy (non-hydrogen) atoms. The van der Waals surface area contributed by atoms with Gasteiger partial charge in [-0.1, -0.05) is 11.6 Å². The van der Waals surface area contributed by atoms with Gasteiger partial charge in [-0.25, -0.2) is 0 Å². The lowest BCUT2D eigenvalue weighted by Gasteiger charge is -2.29. The summed E-state index contributed by atoms with van der Waals surface area (Å²) in [6.07, 6.45) is 3.95. The van der Waals surface area contributed by atoms with Crippen molar-refractivity contribution < 1.29 is 0 Å². The van der Waals surface area contributed by atoms with Gasteiger partial charge < -0.3 is 10.2 Å². The molecule has 1 aliphatic rings. The van der Waals surface area contributed by atoms with Gasteiger partial charge in [0.15, 0.2) is 0 Å². The van der Waals surface area contributed by atoms with Crippen molar-refractivity contribution in [3.05, 3.63) is 17.0 Å². The summed E-state index contributed by atoms with van der Waals surface area (Å²) in [5, 5.41) is 8.18. The number of hydrogen-bond donors (Lipinski definition) is 1. The van der Waals surface area contributed by atoms with Crippen molar-refractivity contribution in [3.63, 3.8) is 0 Å². The Morgan fingerprint density at radius 1 is 1.40 bits per heavy atom. The number of aromatic nitrogens is 4. The molecule has 0 spiro atoms. The maximum atomic E-state index is 6.15. The van der Waals surface area contributed by atoms with Gasteiger partial charge in [-0.05, 0) is 45.8 Å². The zero-order chi connectivity index (χ0) is 14.1. The van der Waals surface area contributed by atoms with Crippen LogP contribution < -0.4 is 5.32 Å². The van der Waals surface area contributed by atoms with Crippen LogP contribution in [0.5, 0.6) is 0 Å². The number of anilines is 1. The van der Waals surface area contributed by atoms with Gasteiger partial charge in [0.2, 0.25) is 0 Å². The summed E-state index contributed by atoms with van der Waals surface area (Å²) in [4.78, 5) is 10.7. The van der Waals surface area contributed by atoms with E-state index in [2.05, 4.69) is 32.3 Å². The zero-order valence-electron chi connectivity index (χ0n) is 11.8. The van der Waals surface area contributed by atoms with Gasteiger partial charge in [-0.15, -0.1) is 0 Å². The van der Waals surface area contributed by atoms with Gasteiger partial charge in [0.05, 0.1) is 0 Å². The molecule has 108 valence electrons. The first-order chi connectivity index (χ1) is 9.65. The lowest BCUT2D eigenvalue weighted by atomic mass is 9.97. The lowest BCUT2D eigenvalue weighted by molar-refractivity contribution is 0.226. The number of nitrogens with one attached hydrogen (secondary N) is 1. The van der Waals surface area contributed by atoms with E-state index in [0.717, 1.165) is 17.9 Å². The molecule has 0 radical (unpaired) electrons. The summed E-state index contributed by atoms with van der Waals surface area (Å²) in [6, 6.07) is 0. The average Bonchev–Trinajstić information content (AvgIpc) is 2.89. The molecule has 1 fully saturated rings. The second-order valence-electron chi connectivity index (χ2n) is 5.48. The summed E-state index contributed by atoms with van der Waals surface area (Å²) in [5.74, 6) is 2.12. The highest BCUT2D eigenvalue weighted by Crippen LogP contribution is 2.23. The number of halogens is 1. The van der Waals surface area contributed by atoms with Crippen LogP contribution in [-0.4, -0.2) is 51.2 Å². The topological polar surface area (TPSA) is 58.4 Å². The van der Waals surface area contributed by atoms with Crippen molar-refractivity contribution in [2.24, 2.45) is 5.92 Å². The van der Waals surface area contributed by atoms with Crippen LogP contribution in [0, 0.1) is 12.8 Å². The van der Waals surface area contributed by atoms with Gasteiger partial charge in [0, 0.05) is 12.1 Å². The molecule has 0 aromatic carbocycles. The van der Waals surface area contributed by atoms with Crippen LogP contribution in [0.25, 0.3) is 5.78 Å². The average molecular weight is 295 g/mol. The molecule has 1 saturated heterocycles. The summed E-state index contributed by atoms with van der Waals surface area (Å²) in [6.45, 7) is 5.22. The molecule has 0 amide bonds. The van der Waals surface area contributed by atoms with Crippen molar-refractivity contribution >= 4 is 23.2 Å². The molecule has 3 rings (SSSR count). The highest BCUT2D eigenvalue weighted by molar-refractivity contribution is 6.30. The Labute approximate surface area is 123 Å². The first-order valence-electron chi connectivity index (χ1n) is 6.93. The van der Waals surface area contributed by atoms with Gasteiger partial charge in [-0.3, -0.25) is 0 Å². The number of fused-ring (bicyclic) bond motifs is 1. The zero-order valence-corrected chi connectivity index (χ0v) is 12.6. The molecular weight excluding hydrogens is 276 g/mol. The third-order valence-corrected chi connectivity index (χ3v) is 4.37. The van der Waals surface area contributed by atoms with Crippen LogP contribution in [0.15, 0.2) is 6.33 Å². The van der Waals surface area contributed by atoms with Crippen LogP contribution >= 0.6 is 11.6 Å². The summed E-state index contributed by atoms with van der Waals surface area (Å²) >= 11 is 6.15. The van der Waals surface area contributed by atoms with E-state index in [4.69, 9.17) is 11.6 Å². The Balaban J connectivity index is 1.77. The fourth-order valence-corrected chi connectivity index (χ4v) is 2.78. The molecule has 3 heterocycles. The predicted molar refractivity (Wildman–Crippen MR) is 79.2 cm³/mol. The van der Waals surface area contributed by atoms with Crippen LogP contribution in [0.3, 0.4) is 0 Å². The first kappa shape index (κ1) is 13.6. The molecule has 1 N–H and O–H groups in total. The summed E-state index contributed by atoms with van der Waals surface area (Å²) in [7, 11) is 2.18. The fourth-order valence-electron chi connectivity index (χ4n) is 2.61. The Hall–Kier alpha value is -1.40. The molecule has 2 aromatic heterocycles. The Morgan fingerprint density at radius 3 is 2.90 bits per heavy atom. The molecule has 2 aromatic rings. The van der Waals surface area contributed by atoms with Gasteiger partial charge in [0.1, 0.15) is 17.3 Å². The second kappa shape index (κ2) is 5.54. The van der Waals surface area contributed by atoms with E-state index in [1.54, 1.807) is 4.52 Å². The maximum Gasteiger partial charge on any atom is 0.255 e. The monoisotopic (exact) mass is 294 g/mol. The fraction of sp³-hybridized carbons (Fsp3) is 0.615. The molecule has 0 unspecified atom stereocenters. The second-order valence-corrected chi connectivity index (χ2v) is 5.83. The van der Waals surface area contributed by atoms with E-state index < -0.39 is 0 Å². The minimum Gasteiger partial charge on any atom is -0.369 e. The minimum absolute atomic E-state index is 0.483. The van der Waals surface area contributed by atoms with E-state index in [9.17, 15) is 0 Å². The molecule has 6 nitrogen and oxygen atoms in total. The normalized spacial score (nSPS) is 17.8. The Kier molecular flexibility index (Phi) is 3.76. The highest BCUT2D eigenvalue weighted by Gasteiger charge is 2.18. The van der Waals surface area contributed by atoms with Crippen molar-refractivity contribution in [1.82, 2.24) is 24.5 Å². The maximum absolute atomic E-state index is 6.15. The number of piperidine rings is 1. The molecular formula is C13H19ClN6. The Bertz CT molecular complexity index is 602. The molecule has 0 atom stereocenters. The first-order valence-corrected chi connectivity index (χ1v) is 7.31. The summed E-state index contributed by atoms with van der Waals surface area (Å²) < 4.78 is 1.72. The van der Waals surface area contributed by atoms with Crippen molar-refractivity contribution in [2.45, 2.75) is 19.8 Å². The van der Waals surface area contributed by atoms with Crippen molar-refractivity contribution in [3.8, 4) is 0 Å². The smallest absolute Gasteiger partial charge is 0.255 e. The van der Waals surface area contributed by atoms with Crippen molar-refractivity contribution in [1.29, 1.82) is 0 Å². The third kappa shape index (κ3) is 2.58. The predicted octanol–water partition coefficient (Wildman–Crippen LogP) is 1.84. The van der Waals surface area contributed by atoms with Crippen molar-refractivity contribution in [2.75, 3.05) is 32.0 Å². The van der Waals surface area contributed by atoms with E-state index in [-0.39, 0.29) is 0 Å². The van der Waals surface area contributed by atoms with Crippen LogP contribution in [0.4, 0.5) is 5.82 Å². The largest absolute Gasteiger partial charge is 0.369 e. The third-order valence-electron chi connectivity index (χ3n) is 4.00. The number of likely N-dealkylation sites (tertiary alicyclic amines) is 1. The van der Waals surface area contributed by atoms with E-state index in [1.165, 1.54) is 32.3 Å². The van der Waals surface area contributed by atoms with E-state index in [0.29, 0.717) is 16.8 Å². The molecule has 0 aliphatic carbocycles. The molecule has 0 saturated carbocycles. The lowest BCUT2D eigenvalue weighted by Crippen LogP contribution is -2.33. The van der Waals surface area contributed by atoms with Gasteiger partial charge in [0.25, 0.3) is 5.78 Å². The highest BCUT2D eigenvalue weighted by atomic mass is 35.5. The quantitative estimate of drug-likeness (QED) is 0.876. The SMILES string of the molecule is Cc1c(Cl)nc2ncnn2c1NCC1CCN(C)CC1. The number of hydrogen-bond acceptors (Lipinski definition) is 5. The Morgan fingerprint density at radius 2 is 2.15 bits per heavy atom. The standard InChI is InChI=1S/C13H19ClN6/c1-9-11(14)18-13-16-8-17-20(13)12(9)15-7-10-3-5-19(2)6-4-10/h8,10,15H,3-7H2,1-2H3. The summed E-state index contributed by atoms with van der Waals surface area (Å²) in [5.41, 5.74) is 0.914. The molecule has 1 aliphatic heterocycles. The van der Waals surface area contributed by atoms with E-state index >= 15 is 0 Å². The number of rotatable bonds is 3. The van der Waals surface area contributed by atoms with Crippen LogP contribution in [0.1, 0.15) is 18.4 Å². The van der Waals surface area contributed by atoms with Gasteiger partial charge >= 0.3 is 0 Å². The molecule has 0 bridgehead atoms. The van der Waals surface area contributed by atoms with E-state index in [1.807, 2.05) is 6.92 Å². The number of nitrogens with zero attached hydrogens (tertiary/aromatic N) is 5. The minimum atomic E-state index is 0.483. The van der Waals surface area contributed by atoms with Gasteiger partial charge in [-0.2, -0.15) is 19.6 Å².